The monoisotopic (exact) mass is 425 g/mol. The maximum Gasteiger partial charge on any atom is 0.194 e. The number of aliphatic imine (C=N–C) groups is 1. The summed E-state index contributed by atoms with van der Waals surface area (Å²) in [5.74, 6) is 3.47. The summed E-state index contributed by atoms with van der Waals surface area (Å²) in [6.07, 6.45) is 1.73. The normalized spacial score (nSPS) is 19.8. The zero-order valence-corrected chi connectivity index (χ0v) is 18.2. The van der Waals surface area contributed by atoms with Crippen molar-refractivity contribution in [2.75, 3.05) is 57.9 Å². The zero-order chi connectivity index (χ0) is 21.5. The topological polar surface area (TPSA) is 71.5 Å². The molecule has 0 saturated carbocycles. The van der Waals surface area contributed by atoms with Crippen LogP contribution in [0.5, 0.6) is 11.5 Å². The van der Waals surface area contributed by atoms with Crippen molar-refractivity contribution >= 4 is 11.8 Å². The maximum absolute atomic E-state index is 6.08. The summed E-state index contributed by atoms with van der Waals surface area (Å²) in [6.45, 7) is 7.26. The molecule has 4 rings (SSSR count). The Morgan fingerprint density at radius 2 is 1.94 bits per heavy atom. The number of guanidine groups is 1. The number of nitrogens with one attached hydrogen (secondary N) is 1. The molecule has 1 saturated heterocycles. The van der Waals surface area contributed by atoms with Gasteiger partial charge in [-0.1, -0.05) is 18.2 Å². The largest absolute Gasteiger partial charge is 0.486 e. The van der Waals surface area contributed by atoms with Crippen LogP contribution >= 0.6 is 0 Å². The number of hydrogen-bond donors (Lipinski definition) is 1. The van der Waals surface area contributed by atoms with E-state index in [-0.39, 0.29) is 12.1 Å². The van der Waals surface area contributed by atoms with E-state index in [4.69, 9.17) is 19.2 Å². The molecule has 31 heavy (non-hydrogen) atoms. The summed E-state index contributed by atoms with van der Waals surface area (Å²) in [5, 5.41) is 3.52. The van der Waals surface area contributed by atoms with Crippen molar-refractivity contribution < 1.29 is 14.2 Å². The van der Waals surface area contributed by atoms with Crippen LogP contribution in [0.2, 0.25) is 0 Å². The Labute approximate surface area is 183 Å². The molecule has 1 fully saturated rings. The van der Waals surface area contributed by atoms with Gasteiger partial charge in [0.05, 0.1) is 13.2 Å². The van der Waals surface area contributed by atoms with Crippen molar-refractivity contribution in [2.24, 2.45) is 4.99 Å². The summed E-state index contributed by atoms with van der Waals surface area (Å²) in [7, 11) is 1.71. The van der Waals surface area contributed by atoms with Crippen LogP contribution in [0.25, 0.3) is 0 Å². The summed E-state index contributed by atoms with van der Waals surface area (Å²) in [5.41, 5.74) is 0. The summed E-state index contributed by atoms with van der Waals surface area (Å²) in [6, 6.07) is 13.9. The Hall–Kier alpha value is -3.00. The molecule has 8 nitrogen and oxygen atoms in total. The number of rotatable bonds is 6. The van der Waals surface area contributed by atoms with Gasteiger partial charge < -0.3 is 29.3 Å². The first kappa shape index (κ1) is 21.2. The molecule has 0 aliphatic carbocycles. The smallest absolute Gasteiger partial charge is 0.194 e. The van der Waals surface area contributed by atoms with Crippen molar-refractivity contribution in [2.45, 2.75) is 19.1 Å². The Morgan fingerprint density at radius 3 is 2.68 bits per heavy atom. The number of aromatic nitrogens is 1. The Bertz CT molecular complexity index is 855. The minimum Gasteiger partial charge on any atom is -0.486 e. The molecule has 0 radical (unpaired) electrons. The molecule has 1 aromatic heterocycles. The van der Waals surface area contributed by atoms with Crippen molar-refractivity contribution in [1.82, 2.24) is 15.2 Å². The number of pyridine rings is 1. The minimum absolute atomic E-state index is 0.112. The van der Waals surface area contributed by atoms with E-state index in [1.165, 1.54) is 0 Å². The predicted octanol–water partition coefficient (Wildman–Crippen LogP) is 2.02. The number of benzene rings is 1. The van der Waals surface area contributed by atoms with E-state index in [1.807, 2.05) is 42.6 Å². The lowest BCUT2D eigenvalue weighted by atomic mass is 10.2. The number of methoxy groups -OCH3 is 1. The van der Waals surface area contributed by atoms with Crippen LogP contribution in [0, 0.1) is 0 Å². The van der Waals surface area contributed by atoms with Gasteiger partial charge in [0.1, 0.15) is 12.4 Å². The van der Waals surface area contributed by atoms with Crippen LogP contribution in [0.15, 0.2) is 53.7 Å². The standard InChI is InChI=1S/C23H31N5O3/c1-18(16-29-2)26-23(25-15-19-17-30-20-7-3-4-8-21(20)31-19)28-13-11-27(12-14-28)22-9-5-6-10-24-22/h3-10,18-19H,11-17H2,1-2H3,(H,25,26). The van der Waals surface area contributed by atoms with Gasteiger partial charge in [-0.25, -0.2) is 9.98 Å². The number of anilines is 1. The van der Waals surface area contributed by atoms with E-state index in [0.717, 1.165) is 49.5 Å². The van der Waals surface area contributed by atoms with Gasteiger partial charge in [-0.15, -0.1) is 0 Å². The second-order valence-electron chi connectivity index (χ2n) is 7.82. The molecule has 1 N–H and O–H groups in total. The van der Waals surface area contributed by atoms with Crippen LogP contribution in [-0.2, 0) is 4.74 Å². The highest BCUT2D eigenvalue weighted by atomic mass is 16.6. The number of ether oxygens (including phenoxy) is 3. The Balaban J connectivity index is 1.40. The zero-order valence-electron chi connectivity index (χ0n) is 18.2. The highest BCUT2D eigenvalue weighted by Gasteiger charge is 2.24. The van der Waals surface area contributed by atoms with Gasteiger partial charge >= 0.3 is 0 Å². The fourth-order valence-corrected chi connectivity index (χ4v) is 3.78. The van der Waals surface area contributed by atoms with Crippen molar-refractivity contribution in [3.05, 3.63) is 48.7 Å². The van der Waals surface area contributed by atoms with Gasteiger partial charge in [0.15, 0.2) is 23.6 Å². The van der Waals surface area contributed by atoms with E-state index in [2.05, 4.69) is 33.1 Å². The molecule has 0 amide bonds. The van der Waals surface area contributed by atoms with Crippen LogP contribution in [0.1, 0.15) is 6.92 Å². The lowest BCUT2D eigenvalue weighted by molar-refractivity contribution is 0.0968. The van der Waals surface area contributed by atoms with Gasteiger partial charge in [0.25, 0.3) is 0 Å². The third-order valence-corrected chi connectivity index (χ3v) is 5.36. The molecule has 2 aliphatic rings. The van der Waals surface area contributed by atoms with Crippen LogP contribution < -0.4 is 19.7 Å². The van der Waals surface area contributed by atoms with Gasteiger partial charge in [-0.2, -0.15) is 0 Å². The molecular formula is C23H31N5O3. The molecule has 2 aromatic rings. The molecular weight excluding hydrogens is 394 g/mol. The Kier molecular flexibility index (Phi) is 7.09. The molecule has 0 spiro atoms. The third kappa shape index (κ3) is 5.58. The maximum atomic E-state index is 6.08. The second-order valence-corrected chi connectivity index (χ2v) is 7.82. The lowest BCUT2D eigenvalue weighted by Crippen LogP contribution is -2.55. The van der Waals surface area contributed by atoms with Gasteiger partial charge in [0.2, 0.25) is 0 Å². The molecule has 1 aromatic carbocycles. The van der Waals surface area contributed by atoms with Gasteiger partial charge in [-0.05, 0) is 31.2 Å². The molecule has 8 heteroatoms. The summed E-state index contributed by atoms with van der Waals surface area (Å²) in [4.78, 5) is 14.0. The van der Waals surface area contributed by atoms with E-state index >= 15 is 0 Å². The molecule has 3 heterocycles. The summed E-state index contributed by atoms with van der Waals surface area (Å²) >= 11 is 0. The van der Waals surface area contributed by atoms with Crippen LogP contribution in [0.4, 0.5) is 5.82 Å². The number of hydrogen-bond acceptors (Lipinski definition) is 6. The minimum atomic E-state index is -0.112. The molecule has 2 aliphatic heterocycles. The fourth-order valence-electron chi connectivity index (χ4n) is 3.78. The van der Waals surface area contributed by atoms with E-state index in [9.17, 15) is 0 Å². The highest BCUT2D eigenvalue weighted by molar-refractivity contribution is 5.80. The first-order valence-electron chi connectivity index (χ1n) is 10.8. The predicted molar refractivity (Wildman–Crippen MR) is 121 cm³/mol. The molecule has 2 atom stereocenters. The van der Waals surface area contributed by atoms with E-state index < -0.39 is 0 Å². The first-order valence-corrected chi connectivity index (χ1v) is 10.8. The van der Waals surface area contributed by atoms with Crippen LogP contribution in [0.3, 0.4) is 0 Å². The van der Waals surface area contributed by atoms with Gasteiger partial charge in [-0.3, -0.25) is 0 Å². The van der Waals surface area contributed by atoms with Gasteiger partial charge in [0, 0.05) is 45.5 Å². The average Bonchev–Trinajstić information content (AvgIpc) is 2.82. The molecule has 2 unspecified atom stereocenters. The number of nitrogens with zero attached hydrogens (tertiary/aromatic N) is 4. The number of piperazine rings is 1. The molecule has 0 bridgehead atoms. The van der Waals surface area contributed by atoms with Crippen LogP contribution in [-0.4, -0.2) is 81.0 Å². The fraction of sp³-hybridized carbons (Fsp3) is 0.478. The number of fused-ring (bicyclic) bond motifs is 1. The van der Waals surface area contributed by atoms with Crippen molar-refractivity contribution in [3.8, 4) is 11.5 Å². The third-order valence-electron chi connectivity index (χ3n) is 5.36. The second kappa shape index (κ2) is 10.3. The highest BCUT2D eigenvalue weighted by Crippen LogP contribution is 2.30. The first-order chi connectivity index (χ1) is 15.2. The van der Waals surface area contributed by atoms with Crippen molar-refractivity contribution in [3.63, 3.8) is 0 Å². The Morgan fingerprint density at radius 1 is 1.16 bits per heavy atom. The molecule has 166 valence electrons. The average molecular weight is 426 g/mol. The van der Waals surface area contributed by atoms with Crippen molar-refractivity contribution in [1.29, 1.82) is 0 Å². The van der Waals surface area contributed by atoms with E-state index in [0.29, 0.717) is 19.8 Å². The van der Waals surface area contributed by atoms with E-state index in [1.54, 1.807) is 7.11 Å². The quantitative estimate of drug-likeness (QED) is 0.561. The SMILES string of the molecule is COCC(C)NC(=NCC1COc2ccccc2O1)N1CCN(c2ccccn2)CC1. The number of para-hydroxylation sites is 2. The lowest BCUT2D eigenvalue weighted by Gasteiger charge is -2.38. The summed E-state index contributed by atoms with van der Waals surface area (Å²) < 4.78 is 17.2.